The molecule has 2 rings (SSSR count). The Morgan fingerprint density at radius 3 is 2.83 bits per heavy atom. The number of thiophene rings is 1. The van der Waals surface area contributed by atoms with Gasteiger partial charge in [0.1, 0.15) is 0 Å². The molecule has 66 valence electrons. The summed E-state index contributed by atoms with van der Waals surface area (Å²) in [6.45, 7) is 4.57. The van der Waals surface area contributed by atoms with Crippen LogP contribution in [0.4, 0.5) is 0 Å². The zero-order valence-corrected chi connectivity index (χ0v) is 9.46. The van der Waals surface area contributed by atoms with Crippen LogP contribution in [0.2, 0.25) is 0 Å². The molecule has 0 radical (unpaired) electrons. The second kappa shape index (κ2) is 3.48. The van der Waals surface area contributed by atoms with Gasteiger partial charge in [-0.3, -0.25) is 0 Å². The van der Waals surface area contributed by atoms with Crippen LogP contribution in [0.3, 0.4) is 0 Å². The van der Waals surface area contributed by atoms with E-state index in [4.69, 9.17) is 0 Å². The van der Waals surface area contributed by atoms with E-state index in [0.29, 0.717) is 0 Å². The summed E-state index contributed by atoms with van der Waals surface area (Å²) in [6, 6.07) is 2.26. The highest BCUT2D eigenvalue weighted by Gasteiger charge is 2.18. The van der Waals surface area contributed by atoms with Crippen molar-refractivity contribution in [3.05, 3.63) is 20.3 Å². The molecule has 3 heteroatoms. The highest BCUT2D eigenvalue weighted by molar-refractivity contribution is 9.10. The summed E-state index contributed by atoms with van der Waals surface area (Å²) in [6.07, 6.45) is 1.25. The van der Waals surface area contributed by atoms with Crippen LogP contribution in [0, 0.1) is 12.8 Å². The maximum atomic E-state index is 3.54. The van der Waals surface area contributed by atoms with Crippen LogP contribution < -0.4 is 5.32 Å². The number of hydrogen-bond acceptors (Lipinski definition) is 2. The predicted octanol–water partition coefficient (Wildman–Crippen LogP) is 2.58. The molecule has 0 spiro atoms. The molecule has 1 nitrogen and oxygen atoms in total. The fourth-order valence-electron chi connectivity index (χ4n) is 1.40. The van der Waals surface area contributed by atoms with Gasteiger partial charge in [-0.05, 0) is 54.3 Å². The summed E-state index contributed by atoms with van der Waals surface area (Å²) in [5, 5.41) is 3.30. The Morgan fingerprint density at radius 2 is 2.42 bits per heavy atom. The maximum Gasteiger partial charge on any atom is 0.0314 e. The van der Waals surface area contributed by atoms with E-state index in [2.05, 4.69) is 34.2 Å². The van der Waals surface area contributed by atoms with Crippen LogP contribution in [0.5, 0.6) is 0 Å². The molecule has 1 N–H and O–H groups in total. The van der Waals surface area contributed by atoms with Gasteiger partial charge in [0, 0.05) is 14.2 Å². The first kappa shape index (κ1) is 8.73. The monoisotopic (exact) mass is 245 g/mol. The third-order valence-corrected chi connectivity index (χ3v) is 4.42. The van der Waals surface area contributed by atoms with E-state index in [1.807, 2.05) is 11.3 Å². The minimum Gasteiger partial charge on any atom is -0.316 e. The highest BCUT2D eigenvalue weighted by Crippen LogP contribution is 2.28. The number of halogens is 1. The first-order chi connectivity index (χ1) is 5.75. The summed E-state index contributed by atoms with van der Waals surface area (Å²) in [4.78, 5) is 2.92. The van der Waals surface area contributed by atoms with E-state index < -0.39 is 0 Å². The SMILES string of the molecule is Cc1sc(CC2CNC2)cc1Br. The van der Waals surface area contributed by atoms with Gasteiger partial charge in [0.25, 0.3) is 0 Å². The van der Waals surface area contributed by atoms with Gasteiger partial charge >= 0.3 is 0 Å². The molecule has 0 unspecified atom stereocenters. The first-order valence-corrected chi connectivity index (χ1v) is 5.82. The quantitative estimate of drug-likeness (QED) is 0.845. The Balaban J connectivity index is 2.02. The molecule has 0 bridgehead atoms. The van der Waals surface area contributed by atoms with Crippen molar-refractivity contribution in [2.24, 2.45) is 5.92 Å². The minimum absolute atomic E-state index is 0.884. The normalized spacial score (nSPS) is 17.8. The maximum absolute atomic E-state index is 3.54. The Bertz CT molecular complexity index is 259. The second-order valence-corrected chi connectivity index (χ2v) is 5.54. The fourth-order valence-corrected chi connectivity index (χ4v) is 3.11. The molecule has 1 aromatic rings. The average molecular weight is 246 g/mol. The molecule has 1 fully saturated rings. The van der Waals surface area contributed by atoms with E-state index in [1.165, 1.54) is 33.7 Å². The summed E-state index contributed by atoms with van der Waals surface area (Å²) in [5.74, 6) is 0.884. The zero-order chi connectivity index (χ0) is 8.55. The van der Waals surface area contributed by atoms with Crippen molar-refractivity contribution in [3.63, 3.8) is 0 Å². The Morgan fingerprint density at radius 1 is 1.67 bits per heavy atom. The van der Waals surface area contributed by atoms with Crippen molar-refractivity contribution >= 4 is 27.3 Å². The molecule has 2 heterocycles. The van der Waals surface area contributed by atoms with Crippen LogP contribution in [0.25, 0.3) is 0 Å². The average Bonchev–Trinajstić information content (AvgIpc) is 2.24. The van der Waals surface area contributed by atoms with E-state index in [-0.39, 0.29) is 0 Å². The molecule has 0 saturated carbocycles. The molecule has 0 amide bonds. The van der Waals surface area contributed by atoms with Crippen molar-refractivity contribution < 1.29 is 0 Å². The standard InChI is InChI=1S/C9H12BrNS/c1-6-9(10)3-8(12-6)2-7-4-11-5-7/h3,7,11H,2,4-5H2,1H3. The van der Waals surface area contributed by atoms with Gasteiger partial charge < -0.3 is 5.32 Å². The van der Waals surface area contributed by atoms with Gasteiger partial charge in [-0.25, -0.2) is 0 Å². The molecule has 1 aromatic heterocycles. The van der Waals surface area contributed by atoms with Gasteiger partial charge in [0.05, 0.1) is 0 Å². The van der Waals surface area contributed by atoms with E-state index in [0.717, 1.165) is 5.92 Å². The summed E-state index contributed by atoms with van der Waals surface area (Å²) in [5.41, 5.74) is 0. The van der Waals surface area contributed by atoms with Crippen molar-refractivity contribution in [2.45, 2.75) is 13.3 Å². The molecule has 1 saturated heterocycles. The summed E-state index contributed by atoms with van der Waals surface area (Å²) >= 11 is 5.46. The van der Waals surface area contributed by atoms with Gasteiger partial charge in [-0.2, -0.15) is 0 Å². The molecule has 0 aromatic carbocycles. The second-order valence-electron chi connectivity index (χ2n) is 3.35. The molecule has 0 aliphatic carbocycles. The van der Waals surface area contributed by atoms with Crippen LogP contribution in [-0.4, -0.2) is 13.1 Å². The minimum atomic E-state index is 0.884. The summed E-state index contributed by atoms with van der Waals surface area (Å²) in [7, 11) is 0. The lowest BCUT2D eigenvalue weighted by Gasteiger charge is -2.26. The van der Waals surface area contributed by atoms with E-state index in [9.17, 15) is 0 Å². The van der Waals surface area contributed by atoms with Crippen molar-refractivity contribution in [1.82, 2.24) is 5.32 Å². The van der Waals surface area contributed by atoms with Gasteiger partial charge in [0.2, 0.25) is 0 Å². The lowest BCUT2D eigenvalue weighted by Crippen LogP contribution is -2.42. The number of rotatable bonds is 2. The molecule has 1 aliphatic heterocycles. The Hall–Kier alpha value is 0.140. The van der Waals surface area contributed by atoms with Crippen molar-refractivity contribution in [3.8, 4) is 0 Å². The number of hydrogen-bond donors (Lipinski definition) is 1. The van der Waals surface area contributed by atoms with Crippen LogP contribution in [0.1, 0.15) is 9.75 Å². The molecule has 0 atom stereocenters. The van der Waals surface area contributed by atoms with E-state index >= 15 is 0 Å². The fraction of sp³-hybridized carbons (Fsp3) is 0.556. The Kier molecular flexibility index (Phi) is 2.53. The predicted molar refractivity (Wildman–Crippen MR) is 56.8 cm³/mol. The van der Waals surface area contributed by atoms with Crippen molar-refractivity contribution in [1.29, 1.82) is 0 Å². The largest absolute Gasteiger partial charge is 0.316 e. The van der Waals surface area contributed by atoms with Crippen LogP contribution in [-0.2, 0) is 6.42 Å². The number of aryl methyl sites for hydroxylation is 1. The van der Waals surface area contributed by atoms with Crippen LogP contribution >= 0.6 is 27.3 Å². The third-order valence-electron chi connectivity index (χ3n) is 2.26. The topological polar surface area (TPSA) is 12.0 Å². The summed E-state index contributed by atoms with van der Waals surface area (Å²) < 4.78 is 1.27. The molecular formula is C9H12BrNS. The molecule has 12 heavy (non-hydrogen) atoms. The Labute approximate surface area is 85.3 Å². The third kappa shape index (κ3) is 1.73. The van der Waals surface area contributed by atoms with Crippen molar-refractivity contribution in [2.75, 3.05) is 13.1 Å². The van der Waals surface area contributed by atoms with E-state index in [1.54, 1.807) is 0 Å². The first-order valence-electron chi connectivity index (χ1n) is 4.21. The van der Waals surface area contributed by atoms with Gasteiger partial charge in [0.15, 0.2) is 0 Å². The van der Waals surface area contributed by atoms with Gasteiger partial charge in [-0.15, -0.1) is 11.3 Å². The van der Waals surface area contributed by atoms with Crippen LogP contribution in [0.15, 0.2) is 10.5 Å². The lowest BCUT2D eigenvalue weighted by atomic mass is 9.99. The number of nitrogens with one attached hydrogen (secondary N) is 1. The lowest BCUT2D eigenvalue weighted by molar-refractivity contribution is 0.348. The molecular weight excluding hydrogens is 234 g/mol. The zero-order valence-electron chi connectivity index (χ0n) is 7.06. The van der Waals surface area contributed by atoms with Gasteiger partial charge in [-0.1, -0.05) is 0 Å². The highest BCUT2D eigenvalue weighted by atomic mass is 79.9. The smallest absolute Gasteiger partial charge is 0.0314 e. The molecule has 1 aliphatic rings.